The monoisotopic (exact) mass is 355 g/mol. The van der Waals surface area contributed by atoms with Crippen molar-refractivity contribution in [2.75, 3.05) is 19.8 Å². The summed E-state index contributed by atoms with van der Waals surface area (Å²) in [5.41, 5.74) is 1.88. The van der Waals surface area contributed by atoms with Crippen molar-refractivity contribution in [3.05, 3.63) is 53.9 Å². The number of rotatable bonds is 5. The van der Waals surface area contributed by atoms with Gasteiger partial charge in [-0.1, -0.05) is 30.3 Å². The smallest absolute Gasteiger partial charge is 0.0706 e. The first-order valence-corrected chi connectivity index (χ1v) is 9.71. The molecule has 0 radical (unpaired) electrons. The Morgan fingerprint density at radius 1 is 1.23 bits per heavy atom. The van der Waals surface area contributed by atoms with Crippen LogP contribution < -0.4 is 0 Å². The molecule has 2 saturated heterocycles. The standard InChI is InChI=1S/C21H29N3O2/c1-21(25)9-11-26-16-19(21)20-8-5-10-23(20)13-18-12-22-24(15-18)14-17-6-3-2-4-7-17/h2-4,6-7,12,15,19-20,25H,5,8-11,13-14,16H2,1H3/t19-,20+,21+/m1/s1. The van der Waals surface area contributed by atoms with Gasteiger partial charge in [-0.05, 0) is 38.3 Å². The van der Waals surface area contributed by atoms with Gasteiger partial charge >= 0.3 is 0 Å². The third-order valence-electron chi connectivity index (χ3n) is 5.99. The third-order valence-corrected chi connectivity index (χ3v) is 5.99. The van der Waals surface area contributed by atoms with Crippen molar-refractivity contribution in [3.63, 3.8) is 0 Å². The van der Waals surface area contributed by atoms with Crippen molar-refractivity contribution in [2.45, 2.75) is 50.9 Å². The fourth-order valence-electron chi connectivity index (χ4n) is 4.46. The summed E-state index contributed by atoms with van der Waals surface area (Å²) in [7, 11) is 0. The molecule has 0 amide bonds. The summed E-state index contributed by atoms with van der Waals surface area (Å²) in [5.74, 6) is 0.193. The summed E-state index contributed by atoms with van der Waals surface area (Å²) < 4.78 is 7.71. The fourth-order valence-corrected chi connectivity index (χ4v) is 4.46. The number of nitrogens with zero attached hydrogens (tertiary/aromatic N) is 3. The van der Waals surface area contributed by atoms with E-state index in [1.54, 1.807) is 0 Å². The summed E-state index contributed by atoms with van der Waals surface area (Å²) in [6.07, 6.45) is 7.19. The van der Waals surface area contributed by atoms with Gasteiger partial charge in [-0.25, -0.2) is 0 Å². The number of ether oxygens (including phenoxy) is 1. The Bertz CT molecular complexity index is 713. The Balaban J connectivity index is 1.42. The number of benzene rings is 1. The van der Waals surface area contributed by atoms with Crippen LogP contribution >= 0.6 is 0 Å². The first-order valence-electron chi connectivity index (χ1n) is 9.71. The van der Waals surface area contributed by atoms with Gasteiger partial charge in [0.15, 0.2) is 0 Å². The number of hydrogen-bond acceptors (Lipinski definition) is 4. The van der Waals surface area contributed by atoms with Gasteiger partial charge in [-0.15, -0.1) is 0 Å². The van der Waals surface area contributed by atoms with E-state index in [0.29, 0.717) is 19.3 Å². The van der Waals surface area contributed by atoms with Crippen LogP contribution in [0.3, 0.4) is 0 Å². The molecule has 26 heavy (non-hydrogen) atoms. The van der Waals surface area contributed by atoms with Gasteiger partial charge in [0.05, 0.1) is 24.9 Å². The third kappa shape index (κ3) is 3.85. The molecular formula is C21H29N3O2. The minimum Gasteiger partial charge on any atom is -0.390 e. The Morgan fingerprint density at radius 3 is 2.88 bits per heavy atom. The zero-order valence-electron chi connectivity index (χ0n) is 15.6. The highest BCUT2D eigenvalue weighted by molar-refractivity contribution is 5.15. The van der Waals surface area contributed by atoms with Crippen LogP contribution in [0.2, 0.25) is 0 Å². The first-order chi connectivity index (χ1) is 12.6. The molecule has 0 aliphatic carbocycles. The molecule has 2 fully saturated rings. The summed E-state index contributed by atoms with van der Waals surface area (Å²) in [6, 6.07) is 10.8. The molecule has 1 aromatic heterocycles. The molecule has 5 heteroatoms. The molecule has 1 N–H and O–H groups in total. The number of hydrogen-bond donors (Lipinski definition) is 1. The quantitative estimate of drug-likeness (QED) is 0.896. The maximum absolute atomic E-state index is 10.8. The van der Waals surface area contributed by atoms with Crippen LogP contribution in [0.25, 0.3) is 0 Å². The van der Waals surface area contributed by atoms with Crippen LogP contribution in [0.15, 0.2) is 42.7 Å². The van der Waals surface area contributed by atoms with E-state index in [9.17, 15) is 5.11 Å². The van der Waals surface area contributed by atoms with Crippen LogP contribution in [0, 0.1) is 5.92 Å². The molecule has 0 unspecified atom stereocenters. The van der Waals surface area contributed by atoms with E-state index in [4.69, 9.17) is 4.74 Å². The van der Waals surface area contributed by atoms with Crippen molar-refractivity contribution in [2.24, 2.45) is 5.92 Å². The largest absolute Gasteiger partial charge is 0.390 e. The molecule has 0 saturated carbocycles. The van der Waals surface area contributed by atoms with Crippen molar-refractivity contribution < 1.29 is 9.84 Å². The number of aliphatic hydroxyl groups is 1. The Morgan fingerprint density at radius 2 is 2.08 bits per heavy atom. The van der Waals surface area contributed by atoms with E-state index in [1.807, 2.05) is 23.9 Å². The lowest BCUT2D eigenvalue weighted by atomic mass is 9.79. The minimum atomic E-state index is -0.622. The topological polar surface area (TPSA) is 50.5 Å². The second-order valence-electron chi connectivity index (χ2n) is 8.00. The lowest BCUT2D eigenvalue weighted by Crippen LogP contribution is -2.52. The molecule has 2 aliphatic heterocycles. The van der Waals surface area contributed by atoms with Crippen molar-refractivity contribution in [1.82, 2.24) is 14.7 Å². The van der Waals surface area contributed by atoms with Crippen molar-refractivity contribution >= 4 is 0 Å². The maximum atomic E-state index is 10.8. The van der Waals surface area contributed by atoms with Gasteiger partial charge in [-0.2, -0.15) is 5.10 Å². The molecule has 3 atom stereocenters. The average Bonchev–Trinajstić information content (AvgIpc) is 3.25. The molecule has 4 rings (SSSR count). The highest BCUT2D eigenvalue weighted by Crippen LogP contribution is 2.36. The molecule has 0 spiro atoms. The van der Waals surface area contributed by atoms with Gasteiger partial charge in [0.1, 0.15) is 0 Å². The van der Waals surface area contributed by atoms with Gasteiger partial charge in [0, 0.05) is 36.9 Å². The predicted molar refractivity (Wildman–Crippen MR) is 101 cm³/mol. The predicted octanol–water partition coefficient (Wildman–Crippen LogP) is 2.68. The van der Waals surface area contributed by atoms with Gasteiger partial charge in [-0.3, -0.25) is 9.58 Å². The van der Waals surface area contributed by atoms with E-state index >= 15 is 0 Å². The molecule has 0 bridgehead atoms. The molecule has 2 aliphatic rings. The van der Waals surface area contributed by atoms with E-state index in [1.165, 1.54) is 17.5 Å². The Hall–Kier alpha value is -1.69. The summed E-state index contributed by atoms with van der Waals surface area (Å²) in [6.45, 7) is 6.10. The summed E-state index contributed by atoms with van der Waals surface area (Å²) >= 11 is 0. The second kappa shape index (κ2) is 7.51. The van der Waals surface area contributed by atoms with E-state index in [0.717, 1.165) is 32.5 Å². The normalized spacial score (nSPS) is 29.9. The van der Waals surface area contributed by atoms with Crippen molar-refractivity contribution in [1.29, 1.82) is 0 Å². The molecule has 1 aromatic carbocycles. The van der Waals surface area contributed by atoms with Gasteiger partial charge in [0.2, 0.25) is 0 Å². The van der Waals surface area contributed by atoms with Gasteiger partial charge < -0.3 is 9.84 Å². The molecule has 2 aromatic rings. The maximum Gasteiger partial charge on any atom is 0.0706 e. The first kappa shape index (κ1) is 17.7. The zero-order chi connectivity index (χ0) is 18.0. The fraction of sp³-hybridized carbons (Fsp3) is 0.571. The van der Waals surface area contributed by atoms with E-state index < -0.39 is 5.60 Å². The lowest BCUT2D eigenvalue weighted by Gasteiger charge is -2.43. The molecule has 3 heterocycles. The SMILES string of the molecule is C[C@]1(O)CCOC[C@@H]1[C@@H]1CCCN1Cc1cnn(Cc2ccccc2)c1. The number of likely N-dealkylation sites (tertiary alicyclic amines) is 1. The Kier molecular flexibility index (Phi) is 5.11. The van der Waals surface area contributed by atoms with Gasteiger partial charge in [0.25, 0.3) is 0 Å². The second-order valence-corrected chi connectivity index (χ2v) is 8.00. The Labute approximate surface area is 155 Å². The highest BCUT2D eigenvalue weighted by atomic mass is 16.5. The lowest BCUT2D eigenvalue weighted by molar-refractivity contribution is -0.123. The highest BCUT2D eigenvalue weighted by Gasteiger charge is 2.43. The number of aromatic nitrogens is 2. The van der Waals surface area contributed by atoms with Crippen LogP contribution in [0.5, 0.6) is 0 Å². The van der Waals surface area contributed by atoms with Crippen molar-refractivity contribution in [3.8, 4) is 0 Å². The summed E-state index contributed by atoms with van der Waals surface area (Å²) in [4.78, 5) is 2.51. The van der Waals surface area contributed by atoms with Crippen LogP contribution in [-0.4, -0.2) is 51.2 Å². The van der Waals surface area contributed by atoms with Crippen LogP contribution in [-0.2, 0) is 17.8 Å². The molecular weight excluding hydrogens is 326 g/mol. The van der Waals surface area contributed by atoms with E-state index in [2.05, 4.69) is 40.5 Å². The minimum absolute atomic E-state index is 0.193. The average molecular weight is 355 g/mol. The summed E-state index contributed by atoms with van der Waals surface area (Å²) in [5, 5.41) is 15.4. The van der Waals surface area contributed by atoms with Crippen LogP contribution in [0.1, 0.15) is 37.3 Å². The van der Waals surface area contributed by atoms with E-state index in [-0.39, 0.29) is 5.92 Å². The van der Waals surface area contributed by atoms with Crippen LogP contribution in [0.4, 0.5) is 0 Å². The molecule has 140 valence electrons. The molecule has 5 nitrogen and oxygen atoms in total. The zero-order valence-corrected chi connectivity index (χ0v) is 15.6.